The lowest BCUT2D eigenvalue weighted by Crippen LogP contribution is -2.56. The van der Waals surface area contributed by atoms with Crippen LogP contribution in [0.5, 0.6) is 5.75 Å². The zero-order valence-electron chi connectivity index (χ0n) is 12.3. The maximum atomic E-state index is 12.6. The zero-order chi connectivity index (χ0) is 15.7. The Hall–Kier alpha value is -2.15. The van der Waals surface area contributed by atoms with Crippen LogP contribution in [0.25, 0.3) is 0 Å². The maximum absolute atomic E-state index is 12.6. The zero-order valence-corrected chi connectivity index (χ0v) is 12.3. The van der Waals surface area contributed by atoms with Crippen molar-refractivity contribution < 1.29 is 14.8 Å². The van der Waals surface area contributed by atoms with Crippen molar-refractivity contribution in [2.24, 2.45) is 0 Å². The Bertz CT molecular complexity index is 563. The monoisotopic (exact) mass is 293 g/mol. The highest BCUT2D eigenvalue weighted by atomic mass is 16.6. The van der Waals surface area contributed by atoms with Gasteiger partial charge in [0, 0.05) is 25.2 Å². The number of phenols is 1. The van der Waals surface area contributed by atoms with E-state index in [2.05, 4.69) is 4.90 Å². The van der Waals surface area contributed by atoms with Gasteiger partial charge in [-0.1, -0.05) is 6.07 Å². The van der Waals surface area contributed by atoms with Gasteiger partial charge in [-0.2, -0.15) is 0 Å². The van der Waals surface area contributed by atoms with Gasteiger partial charge in [-0.3, -0.25) is 19.8 Å². The summed E-state index contributed by atoms with van der Waals surface area (Å²) in [6, 6.07) is 4.39. The average Bonchev–Trinajstić information content (AvgIpc) is 2.42. The number of nitrogens with zero attached hydrogens (tertiary/aromatic N) is 3. The lowest BCUT2D eigenvalue weighted by Gasteiger charge is -2.42. The second kappa shape index (κ2) is 5.69. The molecule has 1 fully saturated rings. The van der Waals surface area contributed by atoms with Crippen LogP contribution in [0.15, 0.2) is 18.2 Å². The summed E-state index contributed by atoms with van der Waals surface area (Å²) in [7, 11) is 1.99. The first-order valence-electron chi connectivity index (χ1n) is 6.80. The number of carbonyl (C=O) groups is 1. The van der Waals surface area contributed by atoms with Gasteiger partial charge in [0.1, 0.15) is 5.56 Å². The molecule has 0 radical (unpaired) electrons. The van der Waals surface area contributed by atoms with Crippen LogP contribution in [0.2, 0.25) is 0 Å². The van der Waals surface area contributed by atoms with E-state index in [9.17, 15) is 20.0 Å². The number of likely N-dealkylation sites (N-methyl/N-ethyl adjacent to an activating group) is 1. The molecule has 1 aromatic rings. The molecule has 1 amide bonds. The summed E-state index contributed by atoms with van der Waals surface area (Å²) in [5.41, 5.74) is -0.592. The van der Waals surface area contributed by atoms with Crippen molar-refractivity contribution in [2.45, 2.75) is 25.9 Å². The van der Waals surface area contributed by atoms with Gasteiger partial charge in [0.15, 0.2) is 5.75 Å². The van der Waals surface area contributed by atoms with E-state index in [0.717, 1.165) is 0 Å². The molecule has 21 heavy (non-hydrogen) atoms. The third-order valence-corrected chi connectivity index (χ3v) is 4.07. The Morgan fingerprint density at radius 1 is 1.33 bits per heavy atom. The van der Waals surface area contributed by atoms with E-state index < -0.39 is 22.3 Å². The number of rotatable bonds is 2. The van der Waals surface area contributed by atoms with Crippen molar-refractivity contribution in [3.63, 3.8) is 0 Å². The van der Waals surface area contributed by atoms with Crippen molar-refractivity contribution in [2.75, 3.05) is 20.1 Å². The van der Waals surface area contributed by atoms with Gasteiger partial charge in [0.25, 0.3) is 5.91 Å². The predicted molar refractivity (Wildman–Crippen MR) is 77.4 cm³/mol. The molecular formula is C14H19N3O4. The van der Waals surface area contributed by atoms with Crippen LogP contribution in [0, 0.1) is 10.1 Å². The number of benzene rings is 1. The Morgan fingerprint density at radius 3 is 2.43 bits per heavy atom. The summed E-state index contributed by atoms with van der Waals surface area (Å²) < 4.78 is 0. The number of phenolic OH excluding ortho intramolecular Hbond substituents is 1. The van der Waals surface area contributed by atoms with Gasteiger partial charge in [0.05, 0.1) is 4.92 Å². The molecule has 0 aliphatic carbocycles. The minimum absolute atomic E-state index is 0.0658. The fourth-order valence-corrected chi connectivity index (χ4v) is 2.64. The molecule has 7 nitrogen and oxygen atoms in total. The van der Waals surface area contributed by atoms with E-state index in [-0.39, 0.29) is 17.6 Å². The van der Waals surface area contributed by atoms with E-state index in [4.69, 9.17) is 0 Å². The van der Waals surface area contributed by atoms with E-state index in [1.54, 1.807) is 4.90 Å². The molecule has 2 rings (SSSR count). The molecule has 7 heteroatoms. The largest absolute Gasteiger partial charge is 0.502 e. The number of nitro benzene ring substituents is 1. The Kier molecular flexibility index (Phi) is 4.13. The van der Waals surface area contributed by atoms with E-state index in [1.807, 2.05) is 20.9 Å². The van der Waals surface area contributed by atoms with Gasteiger partial charge in [0.2, 0.25) is 0 Å². The predicted octanol–water partition coefficient (Wildman–Crippen LogP) is 1.47. The molecule has 114 valence electrons. The summed E-state index contributed by atoms with van der Waals surface area (Å²) in [6.45, 7) is 5.03. The first kappa shape index (κ1) is 15.2. The number of carbonyl (C=O) groups excluding carboxylic acids is 1. The topological polar surface area (TPSA) is 86.9 Å². The van der Waals surface area contributed by atoms with Crippen LogP contribution in [-0.2, 0) is 0 Å². The highest BCUT2D eigenvalue weighted by molar-refractivity contribution is 5.99. The number of para-hydroxylation sites is 1. The first-order valence-corrected chi connectivity index (χ1v) is 6.80. The summed E-state index contributed by atoms with van der Waals surface area (Å²) in [6.07, 6.45) is 0. The van der Waals surface area contributed by atoms with Crippen LogP contribution in [0.3, 0.4) is 0 Å². The molecule has 0 spiro atoms. The lowest BCUT2D eigenvalue weighted by atomic mass is 10.1. The SMILES string of the molecule is C[C@@H]1CN(C(=O)c2cccc(O)c2[N+](=O)[O-])C[C@H](C)N1C. The summed E-state index contributed by atoms with van der Waals surface area (Å²) in [5.74, 6) is -0.898. The first-order chi connectivity index (χ1) is 9.82. The standard InChI is InChI=1S/C14H19N3O4/c1-9-7-16(8-10(2)15(9)3)14(19)11-5-4-6-12(18)13(11)17(20)21/h4-6,9-10,18H,7-8H2,1-3H3/t9-,10+. The highest BCUT2D eigenvalue weighted by Gasteiger charge is 2.33. The number of hydrogen-bond acceptors (Lipinski definition) is 5. The molecule has 1 aliphatic rings. The Labute approximate surface area is 122 Å². The van der Waals surface area contributed by atoms with Gasteiger partial charge in [-0.05, 0) is 33.0 Å². The molecule has 1 aliphatic heterocycles. The number of aromatic hydroxyl groups is 1. The van der Waals surface area contributed by atoms with Crippen molar-refractivity contribution in [1.29, 1.82) is 0 Å². The molecule has 2 atom stereocenters. The minimum atomic E-state index is -0.717. The third kappa shape index (κ3) is 2.82. The fourth-order valence-electron chi connectivity index (χ4n) is 2.64. The summed E-state index contributed by atoms with van der Waals surface area (Å²) in [4.78, 5) is 26.7. The van der Waals surface area contributed by atoms with Crippen molar-refractivity contribution in [3.05, 3.63) is 33.9 Å². The van der Waals surface area contributed by atoms with E-state index in [0.29, 0.717) is 13.1 Å². The fraction of sp³-hybridized carbons (Fsp3) is 0.500. The van der Waals surface area contributed by atoms with Gasteiger partial charge < -0.3 is 10.0 Å². The summed E-state index contributed by atoms with van der Waals surface area (Å²) >= 11 is 0. The molecule has 1 N–H and O–H groups in total. The Morgan fingerprint density at radius 2 is 1.90 bits per heavy atom. The van der Waals surface area contributed by atoms with Crippen LogP contribution in [-0.4, -0.2) is 58.0 Å². The quantitative estimate of drug-likeness (QED) is 0.659. The van der Waals surface area contributed by atoms with Crippen molar-refractivity contribution in [3.8, 4) is 5.75 Å². The van der Waals surface area contributed by atoms with Gasteiger partial charge >= 0.3 is 5.69 Å². The number of amides is 1. The molecule has 0 bridgehead atoms. The third-order valence-electron chi connectivity index (χ3n) is 4.07. The number of nitro groups is 1. The average molecular weight is 293 g/mol. The number of hydrogen-bond donors (Lipinski definition) is 1. The normalized spacial score (nSPS) is 23.1. The van der Waals surface area contributed by atoms with Crippen LogP contribution < -0.4 is 0 Å². The smallest absolute Gasteiger partial charge is 0.323 e. The lowest BCUT2D eigenvalue weighted by molar-refractivity contribution is -0.386. The number of piperazine rings is 1. The van der Waals surface area contributed by atoms with Crippen LogP contribution >= 0.6 is 0 Å². The molecule has 0 saturated carbocycles. The minimum Gasteiger partial charge on any atom is -0.502 e. The van der Waals surface area contributed by atoms with Crippen molar-refractivity contribution in [1.82, 2.24) is 9.80 Å². The molecule has 0 aromatic heterocycles. The molecular weight excluding hydrogens is 274 g/mol. The van der Waals surface area contributed by atoms with Crippen LogP contribution in [0.4, 0.5) is 5.69 Å². The van der Waals surface area contributed by atoms with Gasteiger partial charge in [-0.25, -0.2) is 0 Å². The van der Waals surface area contributed by atoms with Gasteiger partial charge in [-0.15, -0.1) is 0 Å². The second-order valence-corrected chi connectivity index (χ2v) is 5.50. The van der Waals surface area contributed by atoms with Crippen molar-refractivity contribution >= 4 is 11.6 Å². The molecule has 1 aromatic carbocycles. The Balaban J connectivity index is 2.33. The van der Waals surface area contributed by atoms with E-state index >= 15 is 0 Å². The second-order valence-electron chi connectivity index (χ2n) is 5.50. The molecule has 1 saturated heterocycles. The maximum Gasteiger partial charge on any atom is 0.323 e. The highest BCUT2D eigenvalue weighted by Crippen LogP contribution is 2.31. The summed E-state index contributed by atoms with van der Waals surface area (Å²) in [5, 5.41) is 20.7. The van der Waals surface area contributed by atoms with Crippen LogP contribution in [0.1, 0.15) is 24.2 Å². The molecule has 0 unspecified atom stereocenters. The molecule has 1 heterocycles. The van der Waals surface area contributed by atoms with E-state index in [1.165, 1.54) is 18.2 Å².